The molecule has 0 saturated heterocycles. The van der Waals surface area contributed by atoms with Gasteiger partial charge in [0.2, 0.25) is 0 Å². The highest BCUT2D eigenvalue weighted by atomic mass is 16.5. The number of hydrogen-bond acceptors (Lipinski definition) is 3. The van der Waals surface area contributed by atoms with E-state index in [1.165, 1.54) is 12.7 Å². The highest BCUT2D eigenvalue weighted by Gasteiger charge is 2.51. The van der Waals surface area contributed by atoms with Crippen LogP contribution < -0.4 is 4.74 Å². The quantitative estimate of drug-likeness (QED) is 0.769. The molecule has 0 spiro atoms. The number of rotatable bonds is 4. The van der Waals surface area contributed by atoms with Gasteiger partial charge in [-0.25, -0.2) is 0 Å². The van der Waals surface area contributed by atoms with Crippen molar-refractivity contribution in [2.45, 2.75) is 33.1 Å². The van der Waals surface area contributed by atoms with Gasteiger partial charge in [-0.3, -0.25) is 4.79 Å². The molecule has 98 valence electrons. The molecule has 18 heavy (non-hydrogen) atoms. The van der Waals surface area contributed by atoms with Gasteiger partial charge in [-0.05, 0) is 44.2 Å². The van der Waals surface area contributed by atoms with E-state index in [0.29, 0.717) is 6.42 Å². The number of hydrogen-bond donors (Lipinski definition) is 0. The lowest BCUT2D eigenvalue weighted by Crippen LogP contribution is -2.20. The molecule has 1 saturated carbocycles. The average Bonchev–Trinajstić information content (AvgIpc) is 3.08. The molecule has 1 aromatic rings. The van der Waals surface area contributed by atoms with E-state index < -0.39 is 0 Å². The van der Waals surface area contributed by atoms with Gasteiger partial charge < -0.3 is 9.47 Å². The summed E-state index contributed by atoms with van der Waals surface area (Å²) in [5.74, 6) is 0.805. The lowest BCUT2D eigenvalue weighted by atomic mass is 9.93. The van der Waals surface area contributed by atoms with E-state index in [0.717, 1.165) is 29.7 Å². The zero-order chi connectivity index (χ0) is 13.3. The molecule has 0 heterocycles. The smallest absolute Gasteiger partial charge is 0.312 e. The van der Waals surface area contributed by atoms with Crippen molar-refractivity contribution in [3.8, 4) is 5.75 Å². The average molecular weight is 248 g/mol. The second-order valence-electron chi connectivity index (χ2n) is 5.22. The van der Waals surface area contributed by atoms with E-state index in [2.05, 4.69) is 19.1 Å². The fourth-order valence-electron chi connectivity index (χ4n) is 2.65. The summed E-state index contributed by atoms with van der Waals surface area (Å²) in [6.07, 6.45) is 2.54. The van der Waals surface area contributed by atoms with Crippen molar-refractivity contribution < 1.29 is 14.3 Å². The second kappa shape index (κ2) is 4.63. The number of ether oxygens (including phenoxy) is 2. The monoisotopic (exact) mass is 248 g/mol. The Labute approximate surface area is 108 Å². The van der Waals surface area contributed by atoms with Crippen LogP contribution in [0.1, 0.15) is 29.5 Å². The Bertz CT molecular complexity index is 473. The molecule has 0 radical (unpaired) electrons. The van der Waals surface area contributed by atoms with Crippen molar-refractivity contribution in [3.63, 3.8) is 0 Å². The minimum absolute atomic E-state index is 0.0938. The first kappa shape index (κ1) is 12.9. The number of benzene rings is 1. The molecule has 1 fully saturated rings. The molecule has 0 amide bonds. The molecule has 0 N–H and O–H groups in total. The zero-order valence-electron chi connectivity index (χ0n) is 11.5. The van der Waals surface area contributed by atoms with Gasteiger partial charge in [-0.15, -0.1) is 0 Å². The Morgan fingerprint density at radius 3 is 2.44 bits per heavy atom. The maximum absolute atomic E-state index is 11.8. The standard InChI is InChI=1S/C15H20O3/c1-10-7-11(2)13(17-3)12(8-10)9-15(5-6-15)14(16)18-4/h7-8H,5-6,9H2,1-4H3. The van der Waals surface area contributed by atoms with Crippen LogP contribution in [0.4, 0.5) is 0 Å². The first-order valence-corrected chi connectivity index (χ1v) is 6.25. The molecular formula is C15H20O3. The van der Waals surface area contributed by atoms with E-state index in [1.807, 2.05) is 6.92 Å². The summed E-state index contributed by atoms with van der Waals surface area (Å²) in [6.45, 7) is 4.10. The van der Waals surface area contributed by atoms with Crippen LogP contribution in [0.25, 0.3) is 0 Å². The Morgan fingerprint density at radius 1 is 1.28 bits per heavy atom. The van der Waals surface area contributed by atoms with E-state index in [-0.39, 0.29) is 11.4 Å². The van der Waals surface area contributed by atoms with E-state index in [9.17, 15) is 4.79 Å². The zero-order valence-corrected chi connectivity index (χ0v) is 11.5. The van der Waals surface area contributed by atoms with Crippen molar-refractivity contribution in [2.24, 2.45) is 5.41 Å². The van der Waals surface area contributed by atoms with Crippen molar-refractivity contribution in [1.82, 2.24) is 0 Å². The SMILES string of the molecule is COC(=O)C1(Cc2cc(C)cc(C)c2OC)CC1. The third kappa shape index (κ3) is 2.22. The van der Waals surface area contributed by atoms with Crippen LogP contribution in [-0.2, 0) is 16.0 Å². The molecule has 3 heteroatoms. The highest BCUT2D eigenvalue weighted by molar-refractivity contribution is 5.80. The van der Waals surface area contributed by atoms with Crippen LogP contribution in [0.2, 0.25) is 0 Å². The Kier molecular flexibility index (Phi) is 3.33. The fourth-order valence-corrected chi connectivity index (χ4v) is 2.65. The van der Waals surface area contributed by atoms with Gasteiger partial charge in [0, 0.05) is 0 Å². The minimum atomic E-state index is -0.303. The number of methoxy groups -OCH3 is 2. The maximum Gasteiger partial charge on any atom is 0.312 e. The molecule has 0 aromatic heterocycles. The molecule has 2 rings (SSSR count). The fraction of sp³-hybridized carbons (Fsp3) is 0.533. The summed E-state index contributed by atoms with van der Waals surface area (Å²) in [5, 5.41) is 0. The molecule has 0 atom stereocenters. The lowest BCUT2D eigenvalue weighted by molar-refractivity contribution is -0.147. The van der Waals surface area contributed by atoms with Crippen molar-refractivity contribution in [2.75, 3.05) is 14.2 Å². The van der Waals surface area contributed by atoms with Crippen molar-refractivity contribution in [3.05, 3.63) is 28.8 Å². The van der Waals surface area contributed by atoms with Crippen LogP contribution in [-0.4, -0.2) is 20.2 Å². The summed E-state index contributed by atoms with van der Waals surface area (Å²) < 4.78 is 10.4. The summed E-state index contributed by atoms with van der Waals surface area (Å²) in [4.78, 5) is 11.8. The van der Waals surface area contributed by atoms with Crippen LogP contribution >= 0.6 is 0 Å². The van der Waals surface area contributed by atoms with E-state index in [4.69, 9.17) is 9.47 Å². The number of aryl methyl sites for hydroxylation is 2. The van der Waals surface area contributed by atoms with Crippen LogP contribution in [0.15, 0.2) is 12.1 Å². The normalized spacial score (nSPS) is 16.2. The van der Waals surface area contributed by atoms with Gasteiger partial charge >= 0.3 is 5.97 Å². The molecule has 0 aliphatic heterocycles. The Morgan fingerprint density at radius 2 is 1.94 bits per heavy atom. The van der Waals surface area contributed by atoms with Crippen LogP contribution in [0.5, 0.6) is 5.75 Å². The molecular weight excluding hydrogens is 228 g/mol. The van der Waals surface area contributed by atoms with Crippen LogP contribution in [0.3, 0.4) is 0 Å². The molecule has 3 nitrogen and oxygen atoms in total. The third-order valence-electron chi connectivity index (χ3n) is 3.70. The Hall–Kier alpha value is -1.51. The van der Waals surface area contributed by atoms with Crippen molar-refractivity contribution in [1.29, 1.82) is 0 Å². The van der Waals surface area contributed by atoms with Gasteiger partial charge in [0.05, 0.1) is 19.6 Å². The summed E-state index contributed by atoms with van der Waals surface area (Å²) in [5.41, 5.74) is 3.12. The highest BCUT2D eigenvalue weighted by Crippen LogP contribution is 2.50. The predicted octanol–water partition coefficient (Wildman–Crippen LogP) is 2.81. The van der Waals surface area contributed by atoms with Gasteiger partial charge in [-0.1, -0.05) is 17.7 Å². The molecule has 0 unspecified atom stereocenters. The van der Waals surface area contributed by atoms with E-state index >= 15 is 0 Å². The largest absolute Gasteiger partial charge is 0.496 e. The molecule has 1 aliphatic carbocycles. The van der Waals surface area contributed by atoms with Gasteiger partial charge in [0.25, 0.3) is 0 Å². The number of esters is 1. The summed E-state index contributed by atoms with van der Waals surface area (Å²) in [6, 6.07) is 4.20. The first-order valence-electron chi connectivity index (χ1n) is 6.25. The summed E-state index contributed by atoms with van der Waals surface area (Å²) >= 11 is 0. The van der Waals surface area contributed by atoms with Gasteiger partial charge in [0.15, 0.2) is 0 Å². The lowest BCUT2D eigenvalue weighted by Gasteiger charge is -2.17. The first-order chi connectivity index (χ1) is 8.52. The topological polar surface area (TPSA) is 35.5 Å². The van der Waals surface area contributed by atoms with Crippen LogP contribution in [0, 0.1) is 19.3 Å². The molecule has 0 bridgehead atoms. The minimum Gasteiger partial charge on any atom is -0.496 e. The Balaban J connectivity index is 2.32. The van der Waals surface area contributed by atoms with E-state index in [1.54, 1.807) is 7.11 Å². The number of carbonyl (C=O) groups is 1. The summed E-state index contributed by atoms with van der Waals surface area (Å²) in [7, 11) is 3.14. The maximum atomic E-state index is 11.8. The predicted molar refractivity (Wildman–Crippen MR) is 69.9 cm³/mol. The molecule has 1 aromatic carbocycles. The molecule has 1 aliphatic rings. The van der Waals surface area contributed by atoms with Gasteiger partial charge in [-0.2, -0.15) is 0 Å². The number of carbonyl (C=O) groups excluding carboxylic acids is 1. The van der Waals surface area contributed by atoms with Gasteiger partial charge in [0.1, 0.15) is 5.75 Å². The second-order valence-corrected chi connectivity index (χ2v) is 5.22. The third-order valence-corrected chi connectivity index (χ3v) is 3.70. The van der Waals surface area contributed by atoms with Crippen molar-refractivity contribution >= 4 is 5.97 Å².